The zero-order chi connectivity index (χ0) is 14.5. The highest BCUT2D eigenvalue weighted by Crippen LogP contribution is 2.32. The van der Waals surface area contributed by atoms with Gasteiger partial charge in [0.05, 0.1) is 13.0 Å². The summed E-state index contributed by atoms with van der Waals surface area (Å²) in [7, 11) is 1.28. The van der Waals surface area contributed by atoms with Crippen LogP contribution >= 0.6 is 0 Å². The van der Waals surface area contributed by atoms with Crippen LogP contribution in [0.25, 0.3) is 0 Å². The lowest BCUT2D eigenvalue weighted by Gasteiger charge is -2.11. The van der Waals surface area contributed by atoms with Crippen molar-refractivity contribution in [1.29, 1.82) is 0 Å². The number of hydrogen-bond donors (Lipinski definition) is 2. The first-order valence-corrected chi connectivity index (χ1v) is 6.01. The molecule has 0 radical (unpaired) electrons. The van der Waals surface area contributed by atoms with Gasteiger partial charge >= 0.3 is 5.97 Å². The number of carboxylic acids is 1. The monoisotopic (exact) mass is 281 g/mol. The van der Waals surface area contributed by atoms with Crippen molar-refractivity contribution in [3.05, 3.63) is 23.8 Å². The van der Waals surface area contributed by atoms with E-state index in [2.05, 4.69) is 5.32 Å². The van der Waals surface area contributed by atoms with Crippen LogP contribution in [0.1, 0.15) is 5.56 Å². The van der Waals surface area contributed by atoms with E-state index in [9.17, 15) is 9.59 Å². The lowest BCUT2D eigenvalue weighted by Crippen LogP contribution is -2.38. The second-order valence-corrected chi connectivity index (χ2v) is 4.23. The molecule has 1 amide bonds. The smallest absolute Gasteiger partial charge is 0.334 e. The fourth-order valence-corrected chi connectivity index (χ4v) is 1.78. The number of hydrogen-bond acceptors (Lipinski definition) is 5. The second-order valence-electron chi connectivity index (χ2n) is 4.23. The molecule has 2 rings (SSSR count). The topological polar surface area (TPSA) is 94.1 Å². The number of benzene rings is 1. The van der Waals surface area contributed by atoms with E-state index in [0.717, 1.165) is 5.56 Å². The van der Waals surface area contributed by atoms with Crippen LogP contribution in [-0.2, 0) is 20.7 Å². The molecular formula is C13H15NO6. The average molecular weight is 281 g/mol. The van der Waals surface area contributed by atoms with Gasteiger partial charge in [-0.25, -0.2) is 4.79 Å². The zero-order valence-electron chi connectivity index (χ0n) is 10.9. The third kappa shape index (κ3) is 3.39. The van der Waals surface area contributed by atoms with Gasteiger partial charge in [0.25, 0.3) is 0 Å². The molecule has 1 atom stereocenters. The van der Waals surface area contributed by atoms with E-state index in [1.807, 2.05) is 0 Å². The number of ether oxygens (including phenoxy) is 3. The van der Waals surface area contributed by atoms with Gasteiger partial charge in [-0.2, -0.15) is 0 Å². The minimum atomic E-state index is -1.11. The van der Waals surface area contributed by atoms with E-state index in [4.69, 9.17) is 19.3 Å². The van der Waals surface area contributed by atoms with E-state index in [1.165, 1.54) is 7.11 Å². The minimum Gasteiger partial charge on any atom is -0.479 e. The maximum atomic E-state index is 11.7. The minimum absolute atomic E-state index is 0.0742. The summed E-state index contributed by atoms with van der Waals surface area (Å²) in [6.07, 6.45) is -0.914. The number of nitrogens with one attached hydrogen (secondary N) is 1. The van der Waals surface area contributed by atoms with Crippen LogP contribution in [0.4, 0.5) is 0 Å². The van der Waals surface area contributed by atoms with Crippen LogP contribution in [0.2, 0.25) is 0 Å². The Kier molecular flexibility index (Phi) is 4.41. The first kappa shape index (κ1) is 14.1. The number of aliphatic carboxylic acids is 1. The summed E-state index contributed by atoms with van der Waals surface area (Å²) in [5, 5.41) is 11.3. The molecule has 0 saturated heterocycles. The van der Waals surface area contributed by atoms with Gasteiger partial charge in [-0.3, -0.25) is 4.79 Å². The van der Waals surface area contributed by atoms with Crippen LogP contribution in [0, 0.1) is 0 Å². The van der Waals surface area contributed by atoms with Crippen molar-refractivity contribution in [2.45, 2.75) is 12.5 Å². The molecule has 0 saturated carbocycles. The second kappa shape index (κ2) is 6.25. The molecule has 7 heteroatoms. The summed E-state index contributed by atoms with van der Waals surface area (Å²) in [5.41, 5.74) is 0.760. The van der Waals surface area contributed by atoms with Crippen LogP contribution in [-0.4, -0.2) is 43.5 Å². The normalized spacial score (nSPS) is 13.8. The van der Waals surface area contributed by atoms with E-state index >= 15 is 0 Å². The van der Waals surface area contributed by atoms with Gasteiger partial charge in [0.2, 0.25) is 12.7 Å². The lowest BCUT2D eigenvalue weighted by atomic mass is 10.1. The fraction of sp³-hybridized carbons (Fsp3) is 0.385. The Balaban J connectivity index is 1.87. The highest BCUT2D eigenvalue weighted by molar-refractivity contribution is 5.80. The molecule has 0 aliphatic carbocycles. The molecule has 1 aliphatic rings. The highest BCUT2D eigenvalue weighted by Gasteiger charge is 2.18. The van der Waals surface area contributed by atoms with Crippen LogP contribution in [0.5, 0.6) is 11.5 Å². The Bertz CT molecular complexity index is 516. The Morgan fingerprint density at radius 1 is 1.40 bits per heavy atom. The number of carboxylic acid groups (broad SMARTS) is 1. The molecule has 0 spiro atoms. The number of methoxy groups -OCH3 is 1. The molecule has 0 aromatic heterocycles. The lowest BCUT2D eigenvalue weighted by molar-refractivity contribution is -0.148. The Morgan fingerprint density at radius 3 is 2.85 bits per heavy atom. The highest BCUT2D eigenvalue weighted by atomic mass is 16.7. The van der Waals surface area contributed by atoms with Crippen molar-refractivity contribution in [2.75, 3.05) is 20.4 Å². The predicted molar refractivity (Wildman–Crippen MR) is 67.7 cm³/mol. The number of carbonyl (C=O) groups is 2. The molecule has 1 unspecified atom stereocenters. The summed E-state index contributed by atoms with van der Waals surface area (Å²) in [5.74, 6) is -0.141. The summed E-state index contributed by atoms with van der Waals surface area (Å²) in [6, 6.07) is 5.23. The predicted octanol–water partition coefficient (Wildman–Crippen LogP) is 0.174. The van der Waals surface area contributed by atoms with E-state index in [-0.39, 0.29) is 25.7 Å². The Hall–Kier alpha value is -2.28. The average Bonchev–Trinajstić information content (AvgIpc) is 2.86. The molecule has 0 bridgehead atoms. The molecule has 1 aliphatic heterocycles. The summed E-state index contributed by atoms with van der Waals surface area (Å²) in [6.45, 7) is 0.105. The molecular weight excluding hydrogens is 266 g/mol. The van der Waals surface area contributed by atoms with E-state index < -0.39 is 12.1 Å². The fourth-order valence-electron chi connectivity index (χ4n) is 1.78. The standard InChI is InChI=1S/C13H15NO6/c1-18-11(13(16)17)6-14-12(15)5-8-2-3-9-10(4-8)20-7-19-9/h2-4,11H,5-7H2,1H3,(H,14,15)(H,16,17). The van der Waals surface area contributed by atoms with Gasteiger partial charge in [0.15, 0.2) is 17.6 Å². The maximum absolute atomic E-state index is 11.7. The van der Waals surface area contributed by atoms with Crippen LogP contribution in [0.3, 0.4) is 0 Å². The van der Waals surface area contributed by atoms with Crippen LogP contribution < -0.4 is 14.8 Å². The molecule has 2 N–H and O–H groups in total. The molecule has 0 fully saturated rings. The van der Waals surface area contributed by atoms with Crippen molar-refractivity contribution in [3.63, 3.8) is 0 Å². The zero-order valence-corrected chi connectivity index (χ0v) is 10.9. The molecule has 108 valence electrons. The molecule has 1 aromatic carbocycles. The molecule has 1 aromatic rings. The SMILES string of the molecule is COC(CNC(=O)Cc1ccc2c(c1)OCO2)C(=O)O. The van der Waals surface area contributed by atoms with Crippen molar-refractivity contribution < 1.29 is 28.9 Å². The molecule has 1 heterocycles. The van der Waals surface area contributed by atoms with E-state index in [0.29, 0.717) is 11.5 Å². The van der Waals surface area contributed by atoms with Crippen LogP contribution in [0.15, 0.2) is 18.2 Å². The number of carbonyl (C=O) groups excluding carboxylic acids is 1. The summed E-state index contributed by atoms with van der Waals surface area (Å²) >= 11 is 0. The third-order valence-electron chi connectivity index (χ3n) is 2.85. The van der Waals surface area contributed by atoms with Crippen molar-refractivity contribution in [1.82, 2.24) is 5.32 Å². The Morgan fingerprint density at radius 2 is 2.15 bits per heavy atom. The molecule has 20 heavy (non-hydrogen) atoms. The largest absolute Gasteiger partial charge is 0.479 e. The van der Waals surface area contributed by atoms with Gasteiger partial charge in [-0.05, 0) is 17.7 Å². The van der Waals surface area contributed by atoms with Gasteiger partial charge < -0.3 is 24.6 Å². The van der Waals surface area contributed by atoms with Gasteiger partial charge in [0.1, 0.15) is 0 Å². The Labute approximate surface area is 115 Å². The van der Waals surface area contributed by atoms with Crippen molar-refractivity contribution in [2.24, 2.45) is 0 Å². The van der Waals surface area contributed by atoms with Crippen molar-refractivity contribution >= 4 is 11.9 Å². The first-order valence-electron chi connectivity index (χ1n) is 6.01. The third-order valence-corrected chi connectivity index (χ3v) is 2.85. The van der Waals surface area contributed by atoms with E-state index in [1.54, 1.807) is 18.2 Å². The van der Waals surface area contributed by atoms with Gasteiger partial charge in [-0.1, -0.05) is 6.07 Å². The van der Waals surface area contributed by atoms with Crippen molar-refractivity contribution in [3.8, 4) is 11.5 Å². The maximum Gasteiger partial charge on any atom is 0.334 e. The van der Waals surface area contributed by atoms with Gasteiger partial charge in [0, 0.05) is 7.11 Å². The number of fused-ring (bicyclic) bond motifs is 1. The summed E-state index contributed by atoms with van der Waals surface area (Å²) < 4.78 is 15.1. The quantitative estimate of drug-likeness (QED) is 0.772. The number of rotatable bonds is 6. The number of amides is 1. The molecule has 7 nitrogen and oxygen atoms in total. The van der Waals surface area contributed by atoms with Gasteiger partial charge in [-0.15, -0.1) is 0 Å². The summed E-state index contributed by atoms with van der Waals surface area (Å²) in [4.78, 5) is 22.4. The first-order chi connectivity index (χ1) is 9.60.